The van der Waals surface area contributed by atoms with Crippen LogP contribution >= 0.6 is 0 Å². The number of rotatable bonds is 4. The molecule has 3 aromatic rings. The number of hydrogen-bond acceptors (Lipinski definition) is 6. The Labute approximate surface area is 125 Å². The third-order valence-electron chi connectivity index (χ3n) is 2.83. The Bertz CT molecular complexity index is 791. The molecular formula is C15H10N4O3. The van der Waals surface area contributed by atoms with Gasteiger partial charge < -0.3 is 14.9 Å². The van der Waals surface area contributed by atoms with Crippen molar-refractivity contribution in [2.45, 2.75) is 0 Å². The molecule has 0 N–H and O–H groups in total. The van der Waals surface area contributed by atoms with E-state index < -0.39 is 4.92 Å². The minimum atomic E-state index is -0.559. The zero-order chi connectivity index (χ0) is 15.4. The number of nitro groups is 1. The van der Waals surface area contributed by atoms with Gasteiger partial charge in [-0.1, -0.05) is 0 Å². The number of pyridine rings is 3. The Kier molecular flexibility index (Phi) is 3.69. The fraction of sp³-hybridized carbons (Fsp3) is 0. The molecule has 0 unspecified atom stereocenters. The average molecular weight is 294 g/mol. The molecule has 3 aromatic heterocycles. The van der Waals surface area contributed by atoms with Crippen LogP contribution in [0.1, 0.15) is 0 Å². The quantitative estimate of drug-likeness (QED) is 0.542. The lowest BCUT2D eigenvalue weighted by Crippen LogP contribution is -1.92. The third kappa shape index (κ3) is 3.04. The van der Waals surface area contributed by atoms with Crippen LogP contribution in [0.15, 0.2) is 61.2 Å². The lowest BCUT2D eigenvalue weighted by molar-refractivity contribution is -0.389. The highest BCUT2D eigenvalue weighted by atomic mass is 16.6. The molecule has 0 radical (unpaired) electrons. The van der Waals surface area contributed by atoms with Gasteiger partial charge in [0, 0.05) is 36.3 Å². The topological polar surface area (TPSA) is 91.0 Å². The molecule has 0 aliphatic carbocycles. The van der Waals surface area contributed by atoms with E-state index in [9.17, 15) is 10.1 Å². The van der Waals surface area contributed by atoms with E-state index in [1.807, 2.05) is 12.1 Å². The van der Waals surface area contributed by atoms with Crippen LogP contribution < -0.4 is 4.74 Å². The molecule has 0 atom stereocenters. The van der Waals surface area contributed by atoms with Crippen LogP contribution in [-0.4, -0.2) is 19.9 Å². The summed E-state index contributed by atoms with van der Waals surface area (Å²) in [5, 5.41) is 10.6. The highest BCUT2D eigenvalue weighted by molar-refractivity contribution is 5.59. The SMILES string of the molecule is O=[N+]([O-])c1ccc(Oc2ccnc(-c3cccnc3)c2)cn1. The molecule has 0 bridgehead atoms. The maximum atomic E-state index is 10.6. The number of aromatic nitrogens is 3. The van der Waals surface area contributed by atoms with Gasteiger partial charge in [-0.05, 0) is 34.2 Å². The van der Waals surface area contributed by atoms with Crippen molar-refractivity contribution >= 4 is 5.82 Å². The van der Waals surface area contributed by atoms with E-state index in [2.05, 4.69) is 15.0 Å². The smallest absolute Gasteiger partial charge is 0.363 e. The first-order chi connectivity index (χ1) is 10.7. The Balaban J connectivity index is 1.82. The van der Waals surface area contributed by atoms with Crippen molar-refractivity contribution in [2.24, 2.45) is 0 Å². The Morgan fingerprint density at radius 3 is 2.59 bits per heavy atom. The fourth-order valence-electron chi connectivity index (χ4n) is 1.82. The average Bonchev–Trinajstić information content (AvgIpc) is 2.56. The minimum Gasteiger partial charge on any atom is -0.453 e. The number of hydrogen-bond donors (Lipinski definition) is 0. The van der Waals surface area contributed by atoms with E-state index in [0.29, 0.717) is 11.5 Å². The van der Waals surface area contributed by atoms with Gasteiger partial charge in [-0.2, -0.15) is 0 Å². The molecule has 0 aliphatic heterocycles. The first kappa shape index (κ1) is 13.6. The molecule has 108 valence electrons. The monoisotopic (exact) mass is 294 g/mol. The van der Waals surface area contributed by atoms with Crippen LogP contribution in [0.5, 0.6) is 11.5 Å². The predicted octanol–water partition coefficient (Wildman–Crippen LogP) is 3.24. The van der Waals surface area contributed by atoms with Gasteiger partial charge in [-0.3, -0.25) is 9.97 Å². The molecule has 0 aromatic carbocycles. The molecule has 0 amide bonds. The maximum absolute atomic E-state index is 10.6. The second-order valence-electron chi connectivity index (χ2n) is 4.33. The van der Waals surface area contributed by atoms with E-state index in [-0.39, 0.29) is 5.82 Å². The Morgan fingerprint density at radius 1 is 1.00 bits per heavy atom. The van der Waals surface area contributed by atoms with Gasteiger partial charge in [0.1, 0.15) is 5.75 Å². The number of nitrogens with zero attached hydrogens (tertiary/aromatic N) is 4. The molecule has 3 heterocycles. The highest BCUT2D eigenvalue weighted by Gasteiger charge is 2.08. The standard InChI is InChI=1S/C15H10N4O3/c20-19(21)15-4-3-13(10-18-15)22-12-5-7-17-14(8-12)11-2-1-6-16-9-11/h1-10H. The van der Waals surface area contributed by atoms with Crippen molar-refractivity contribution in [1.29, 1.82) is 0 Å². The Hall–Kier alpha value is -3.35. The summed E-state index contributed by atoms with van der Waals surface area (Å²) in [7, 11) is 0. The van der Waals surface area contributed by atoms with Crippen molar-refractivity contribution in [3.63, 3.8) is 0 Å². The summed E-state index contributed by atoms with van der Waals surface area (Å²) < 4.78 is 5.63. The second-order valence-corrected chi connectivity index (χ2v) is 4.33. The van der Waals surface area contributed by atoms with Gasteiger partial charge in [0.2, 0.25) is 0 Å². The molecule has 0 fully saturated rings. The Morgan fingerprint density at radius 2 is 1.91 bits per heavy atom. The molecule has 0 saturated carbocycles. The predicted molar refractivity (Wildman–Crippen MR) is 78.4 cm³/mol. The van der Waals surface area contributed by atoms with Crippen molar-refractivity contribution in [1.82, 2.24) is 15.0 Å². The normalized spacial score (nSPS) is 10.2. The van der Waals surface area contributed by atoms with Crippen molar-refractivity contribution in [2.75, 3.05) is 0 Å². The van der Waals surface area contributed by atoms with Crippen molar-refractivity contribution in [3.05, 3.63) is 71.3 Å². The first-order valence-corrected chi connectivity index (χ1v) is 6.37. The lowest BCUT2D eigenvalue weighted by Gasteiger charge is -2.06. The van der Waals surface area contributed by atoms with Gasteiger partial charge in [-0.15, -0.1) is 0 Å². The van der Waals surface area contributed by atoms with E-state index in [4.69, 9.17) is 4.74 Å². The summed E-state index contributed by atoms with van der Waals surface area (Å²) >= 11 is 0. The van der Waals surface area contributed by atoms with Gasteiger partial charge in [-0.25, -0.2) is 0 Å². The molecule has 0 saturated heterocycles. The van der Waals surface area contributed by atoms with Crippen molar-refractivity contribution in [3.8, 4) is 22.8 Å². The molecule has 22 heavy (non-hydrogen) atoms. The minimum absolute atomic E-state index is 0.224. The van der Waals surface area contributed by atoms with E-state index >= 15 is 0 Å². The van der Waals surface area contributed by atoms with Crippen LogP contribution in [0.2, 0.25) is 0 Å². The summed E-state index contributed by atoms with van der Waals surface area (Å²) in [5.41, 5.74) is 1.59. The summed E-state index contributed by atoms with van der Waals surface area (Å²) in [6, 6.07) is 9.96. The second kappa shape index (κ2) is 5.96. The van der Waals surface area contributed by atoms with E-state index in [1.54, 1.807) is 30.7 Å². The molecule has 0 aliphatic rings. The van der Waals surface area contributed by atoms with Crippen LogP contribution in [0.3, 0.4) is 0 Å². The van der Waals surface area contributed by atoms with Gasteiger partial charge in [0.05, 0.1) is 5.69 Å². The van der Waals surface area contributed by atoms with Crippen molar-refractivity contribution < 1.29 is 9.66 Å². The largest absolute Gasteiger partial charge is 0.453 e. The third-order valence-corrected chi connectivity index (χ3v) is 2.83. The zero-order valence-electron chi connectivity index (χ0n) is 11.3. The van der Waals surface area contributed by atoms with Crippen LogP contribution in [0.4, 0.5) is 5.82 Å². The highest BCUT2D eigenvalue weighted by Crippen LogP contribution is 2.25. The number of ether oxygens (including phenoxy) is 1. The van der Waals surface area contributed by atoms with E-state index in [1.165, 1.54) is 18.3 Å². The maximum Gasteiger partial charge on any atom is 0.363 e. The summed E-state index contributed by atoms with van der Waals surface area (Å²) in [4.78, 5) is 22.0. The van der Waals surface area contributed by atoms with E-state index in [0.717, 1.165) is 11.3 Å². The van der Waals surface area contributed by atoms with Gasteiger partial charge in [0.25, 0.3) is 0 Å². The first-order valence-electron chi connectivity index (χ1n) is 6.37. The molecule has 7 nitrogen and oxygen atoms in total. The molecule has 0 spiro atoms. The van der Waals surface area contributed by atoms with Crippen LogP contribution in [-0.2, 0) is 0 Å². The van der Waals surface area contributed by atoms with Crippen LogP contribution in [0, 0.1) is 10.1 Å². The van der Waals surface area contributed by atoms with Gasteiger partial charge in [0.15, 0.2) is 11.9 Å². The van der Waals surface area contributed by atoms with Gasteiger partial charge >= 0.3 is 5.82 Å². The van der Waals surface area contributed by atoms with Crippen LogP contribution in [0.25, 0.3) is 11.3 Å². The summed E-state index contributed by atoms with van der Waals surface area (Å²) in [5.74, 6) is 0.747. The summed E-state index contributed by atoms with van der Waals surface area (Å²) in [6.45, 7) is 0. The molecular weight excluding hydrogens is 284 g/mol. The molecule has 3 rings (SSSR count). The zero-order valence-corrected chi connectivity index (χ0v) is 11.3. The summed E-state index contributed by atoms with van der Waals surface area (Å²) in [6.07, 6.45) is 6.32. The lowest BCUT2D eigenvalue weighted by atomic mass is 10.2. The molecule has 7 heteroatoms. The fourth-order valence-corrected chi connectivity index (χ4v) is 1.82.